The van der Waals surface area contributed by atoms with E-state index in [2.05, 4.69) is 10.3 Å². The lowest BCUT2D eigenvalue weighted by Crippen LogP contribution is -2.15. The summed E-state index contributed by atoms with van der Waals surface area (Å²) >= 11 is 0. The molecule has 106 valence electrons. The van der Waals surface area contributed by atoms with Crippen LogP contribution in [0.3, 0.4) is 0 Å². The molecule has 0 spiro atoms. The molecule has 2 rings (SSSR count). The summed E-state index contributed by atoms with van der Waals surface area (Å²) in [4.78, 5) is 3.98. The number of aromatic nitrogens is 1. The van der Waals surface area contributed by atoms with Gasteiger partial charge in [0.25, 0.3) is 0 Å². The number of hydrogen-bond donors (Lipinski definition) is 1. The minimum atomic E-state index is -4.12. The van der Waals surface area contributed by atoms with Crippen molar-refractivity contribution in [3.63, 3.8) is 0 Å². The van der Waals surface area contributed by atoms with Crippen molar-refractivity contribution < 1.29 is 17.9 Å². The quantitative estimate of drug-likeness (QED) is 0.776. The second-order valence-electron chi connectivity index (χ2n) is 4.72. The van der Waals surface area contributed by atoms with Gasteiger partial charge in [-0.15, -0.1) is 0 Å². The van der Waals surface area contributed by atoms with Crippen LogP contribution in [0.4, 0.5) is 13.2 Å². The summed E-state index contributed by atoms with van der Waals surface area (Å²) in [6.45, 7) is 0.776. The topological polar surface area (TPSA) is 34.1 Å². The van der Waals surface area contributed by atoms with Crippen molar-refractivity contribution in [1.29, 1.82) is 0 Å². The molecule has 1 saturated carbocycles. The molecule has 1 aliphatic carbocycles. The average Bonchev–Trinajstić information content (AvgIpc) is 3.16. The number of halogens is 3. The van der Waals surface area contributed by atoms with E-state index in [-0.39, 0.29) is 13.0 Å². The molecule has 0 unspecified atom stereocenters. The van der Waals surface area contributed by atoms with E-state index in [0.717, 1.165) is 12.1 Å². The van der Waals surface area contributed by atoms with Crippen LogP contribution in [0.15, 0.2) is 18.3 Å². The number of alkyl halides is 3. The highest BCUT2D eigenvalue weighted by atomic mass is 19.4. The predicted octanol–water partition coefficient (Wildman–Crippen LogP) is 3.05. The fourth-order valence-corrected chi connectivity index (χ4v) is 1.64. The second kappa shape index (κ2) is 6.23. The van der Waals surface area contributed by atoms with Gasteiger partial charge < -0.3 is 10.1 Å². The van der Waals surface area contributed by atoms with Gasteiger partial charge in [-0.1, -0.05) is 0 Å². The SMILES string of the molecule is FC(F)(F)CCCOc1cc(CNC2CC2)ccn1. The van der Waals surface area contributed by atoms with E-state index >= 15 is 0 Å². The molecule has 1 heterocycles. The number of rotatable bonds is 7. The minimum Gasteiger partial charge on any atom is -0.478 e. The van der Waals surface area contributed by atoms with E-state index in [1.807, 2.05) is 6.07 Å². The second-order valence-corrected chi connectivity index (χ2v) is 4.72. The normalized spacial score (nSPS) is 15.5. The van der Waals surface area contributed by atoms with E-state index in [0.29, 0.717) is 11.9 Å². The van der Waals surface area contributed by atoms with Gasteiger partial charge >= 0.3 is 6.18 Å². The maximum Gasteiger partial charge on any atom is 0.389 e. The van der Waals surface area contributed by atoms with Crippen LogP contribution >= 0.6 is 0 Å². The lowest BCUT2D eigenvalue weighted by Gasteiger charge is -2.09. The molecule has 1 aromatic rings. The Hall–Kier alpha value is -1.30. The molecule has 1 aliphatic rings. The number of ether oxygens (including phenoxy) is 1. The van der Waals surface area contributed by atoms with Crippen LogP contribution in [-0.2, 0) is 6.54 Å². The fourth-order valence-electron chi connectivity index (χ4n) is 1.64. The Morgan fingerprint density at radius 1 is 1.37 bits per heavy atom. The molecule has 19 heavy (non-hydrogen) atoms. The lowest BCUT2D eigenvalue weighted by molar-refractivity contribution is -0.136. The molecular formula is C13H17F3N2O. The van der Waals surface area contributed by atoms with Gasteiger partial charge in [0.1, 0.15) is 0 Å². The molecule has 0 radical (unpaired) electrons. The van der Waals surface area contributed by atoms with E-state index in [9.17, 15) is 13.2 Å². The fraction of sp³-hybridized carbons (Fsp3) is 0.615. The van der Waals surface area contributed by atoms with Gasteiger partial charge in [0.2, 0.25) is 5.88 Å². The van der Waals surface area contributed by atoms with Crippen LogP contribution in [0.1, 0.15) is 31.2 Å². The summed E-state index contributed by atoms with van der Waals surface area (Å²) in [5.74, 6) is 0.386. The maximum absolute atomic E-state index is 11.9. The Kier molecular flexibility index (Phi) is 4.63. The smallest absolute Gasteiger partial charge is 0.389 e. The number of hydrogen-bond acceptors (Lipinski definition) is 3. The Bertz CT molecular complexity index is 405. The van der Waals surface area contributed by atoms with Crippen LogP contribution in [0.5, 0.6) is 5.88 Å². The number of nitrogens with one attached hydrogen (secondary N) is 1. The molecule has 1 aromatic heterocycles. The first-order chi connectivity index (χ1) is 9.03. The van der Waals surface area contributed by atoms with Crippen molar-refractivity contribution >= 4 is 0 Å². The summed E-state index contributed by atoms with van der Waals surface area (Å²) < 4.78 is 41.1. The van der Waals surface area contributed by atoms with Crippen molar-refractivity contribution in [2.24, 2.45) is 0 Å². The van der Waals surface area contributed by atoms with Gasteiger partial charge in [-0.25, -0.2) is 4.98 Å². The van der Waals surface area contributed by atoms with Gasteiger partial charge in [0, 0.05) is 31.3 Å². The predicted molar refractivity (Wildman–Crippen MR) is 64.9 cm³/mol. The van der Waals surface area contributed by atoms with Gasteiger partial charge in [-0.05, 0) is 30.9 Å². The van der Waals surface area contributed by atoms with Crippen molar-refractivity contribution in [1.82, 2.24) is 10.3 Å². The molecule has 1 N–H and O–H groups in total. The zero-order chi connectivity index (χ0) is 13.7. The first kappa shape index (κ1) is 14.1. The van der Waals surface area contributed by atoms with Crippen LogP contribution in [0.25, 0.3) is 0 Å². The van der Waals surface area contributed by atoms with E-state index in [1.54, 1.807) is 12.3 Å². The summed E-state index contributed by atoms with van der Waals surface area (Å²) in [7, 11) is 0. The highest BCUT2D eigenvalue weighted by molar-refractivity contribution is 5.20. The molecular weight excluding hydrogens is 257 g/mol. The average molecular weight is 274 g/mol. The van der Waals surface area contributed by atoms with Crippen molar-refractivity contribution in [3.8, 4) is 5.88 Å². The summed E-state index contributed by atoms with van der Waals surface area (Å²) in [6.07, 6.45) is -0.945. The third-order valence-electron chi connectivity index (χ3n) is 2.83. The largest absolute Gasteiger partial charge is 0.478 e. The van der Waals surface area contributed by atoms with Crippen LogP contribution in [0, 0.1) is 0 Å². The Morgan fingerprint density at radius 3 is 2.84 bits per heavy atom. The first-order valence-corrected chi connectivity index (χ1v) is 6.41. The molecule has 1 fully saturated rings. The third-order valence-corrected chi connectivity index (χ3v) is 2.83. The molecule has 3 nitrogen and oxygen atoms in total. The highest BCUT2D eigenvalue weighted by Gasteiger charge is 2.26. The molecule has 0 amide bonds. The van der Waals surface area contributed by atoms with Crippen LogP contribution < -0.4 is 10.1 Å². The molecule has 0 aliphatic heterocycles. The van der Waals surface area contributed by atoms with Crippen molar-refractivity contribution in [2.45, 2.75) is 44.4 Å². The number of pyridine rings is 1. The molecule has 6 heteroatoms. The van der Waals surface area contributed by atoms with Gasteiger partial charge in [-0.2, -0.15) is 13.2 Å². The van der Waals surface area contributed by atoms with E-state index in [1.165, 1.54) is 12.8 Å². The van der Waals surface area contributed by atoms with Crippen LogP contribution in [0.2, 0.25) is 0 Å². The monoisotopic (exact) mass is 274 g/mol. The highest BCUT2D eigenvalue weighted by Crippen LogP contribution is 2.22. The Balaban J connectivity index is 1.71. The standard InChI is InChI=1S/C13H17F3N2O/c14-13(15,16)5-1-7-19-12-8-10(4-6-17-12)9-18-11-2-3-11/h4,6,8,11,18H,1-3,5,7,9H2. The van der Waals surface area contributed by atoms with Gasteiger partial charge in [-0.3, -0.25) is 0 Å². The van der Waals surface area contributed by atoms with E-state index in [4.69, 9.17) is 4.74 Å². The molecule has 0 aromatic carbocycles. The van der Waals surface area contributed by atoms with Gasteiger partial charge in [0.15, 0.2) is 0 Å². The summed E-state index contributed by atoms with van der Waals surface area (Å²) in [6, 6.07) is 4.25. The molecule has 0 saturated heterocycles. The Labute approximate surface area is 110 Å². The van der Waals surface area contributed by atoms with Crippen molar-refractivity contribution in [3.05, 3.63) is 23.9 Å². The Morgan fingerprint density at radius 2 is 2.16 bits per heavy atom. The zero-order valence-corrected chi connectivity index (χ0v) is 10.5. The lowest BCUT2D eigenvalue weighted by atomic mass is 10.2. The van der Waals surface area contributed by atoms with Crippen LogP contribution in [-0.4, -0.2) is 23.8 Å². The molecule has 0 bridgehead atoms. The maximum atomic E-state index is 11.9. The number of nitrogens with zero attached hydrogens (tertiary/aromatic N) is 1. The van der Waals surface area contributed by atoms with E-state index < -0.39 is 12.6 Å². The third kappa shape index (κ3) is 5.92. The van der Waals surface area contributed by atoms with Gasteiger partial charge in [0.05, 0.1) is 6.61 Å². The van der Waals surface area contributed by atoms with Crippen molar-refractivity contribution in [2.75, 3.05) is 6.61 Å². The molecule has 0 atom stereocenters. The first-order valence-electron chi connectivity index (χ1n) is 6.41. The zero-order valence-electron chi connectivity index (χ0n) is 10.5. The summed E-state index contributed by atoms with van der Waals surface area (Å²) in [5, 5.41) is 3.36. The minimum absolute atomic E-state index is 0.0337. The summed E-state index contributed by atoms with van der Waals surface area (Å²) in [5.41, 5.74) is 1.03.